The Bertz CT molecular complexity index is 239. The van der Waals surface area contributed by atoms with Crippen molar-refractivity contribution in [3.8, 4) is 0 Å². The Morgan fingerprint density at radius 2 is 2.20 bits per heavy atom. The lowest BCUT2D eigenvalue weighted by atomic mass is 10.1. The average Bonchev–Trinajstić information content (AvgIpc) is 2.14. The first-order valence-electron chi connectivity index (χ1n) is 5.66. The van der Waals surface area contributed by atoms with Crippen LogP contribution in [0.2, 0.25) is 0 Å². The largest absolute Gasteiger partial charge is 0.306 e. The van der Waals surface area contributed by atoms with Crippen LogP contribution < -0.4 is 10.6 Å². The van der Waals surface area contributed by atoms with E-state index in [4.69, 9.17) is 0 Å². The Morgan fingerprint density at radius 1 is 1.47 bits per heavy atom. The monoisotopic (exact) mass is 212 g/mol. The predicted octanol–water partition coefficient (Wildman–Crippen LogP) is 0.817. The maximum atomic E-state index is 11.3. The number of nitrogens with one attached hydrogen (secondary N) is 2. The Balaban J connectivity index is 2.16. The highest BCUT2D eigenvalue weighted by Crippen LogP contribution is 2.06. The Labute approximate surface area is 90.8 Å². The molecular formula is C11H20N2O2. The molecule has 1 aliphatic heterocycles. The highest BCUT2D eigenvalue weighted by Gasteiger charge is 2.25. The molecule has 0 aromatic rings. The molecule has 1 fully saturated rings. The quantitative estimate of drug-likeness (QED) is 0.524. The van der Waals surface area contributed by atoms with Crippen LogP contribution in [0.15, 0.2) is 0 Å². The molecule has 2 amide bonds. The second-order valence-electron chi connectivity index (χ2n) is 4.49. The van der Waals surface area contributed by atoms with E-state index in [2.05, 4.69) is 24.5 Å². The van der Waals surface area contributed by atoms with Crippen LogP contribution in [0.4, 0.5) is 0 Å². The zero-order valence-corrected chi connectivity index (χ0v) is 9.51. The normalized spacial score (nSPS) is 21.9. The summed E-state index contributed by atoms with van der Waals surface area (Å²) in [5, 5.41) is 5.52. The van der Waals surface area contributed by atoms with Crippen molar-refractivity contribution >= 4 is 11.8 Å². The molecule has 1 heterocycles. The van der Waals surface area contributed by atoms with Crippen LogP contribution in [0.1, 0.15) is 39.5 Å². The summed E-state index contributed by atoms with van der Waals surface area (Å²) in [6, 6.07) is -0.171. The summed E-state index contributed by atoms with van der Waals surface area (Å²) in [6.07, 6.45) is 3.33. The van der Waals surface area contributed by atoms with Gasteiger partial charge in [0.25, 0.3) is 0 Å². The molecule has 0 aromatic heterocycles. The van der Waals surface area contributed by atoms with Gasteiger partial charge in [-0.3, -0.25) is 14.9 Å². The first kappa shape index (κ1) is 12.2. The van der Waals surface area contributed by atoms with Gasteiger partial charge in [-0.25, -0.2) is 0 Å². The van der Waals surface area contributed by atoms with Crippen molar-refractivity contribution in [2.24, 2.45) is 5.92 Å². The lowest BCUT2D eigenvalue weighted by Crippen LogP contribution is -2.50. The first-order chi connectivity index (χ1) is 7.09. The van der Waals surface area contributed by atoms with E-state index in [1.165, 1.54) is 6.42 Å². The van der Waals surface area contributed by atoms with Gasteiger partial charge in [-0.15, -0.1) is 0 Å². The molecule has 1 aliphatic rings. The van der Waals surface area contributed by atoms with Crippen molar-refractivity contribution in [3.05, 3.63) is 0 Å². The van der Waals surface area contributed by atoms with Gasteiger partial charge < -0.3 is 5.32 Å². The van der Waals surface area contributed by atoms with E-state index in [-0.39, 0.29) is 17.9 Å². The Hall–Kier alpha value is -0.900. The third-order valence-corrected chi connectivity index (χ3v) is 2.59. The van der Waals surface area contributed by atoms with Crippen LogP contribution in [0.3, 0.4) is 0 Å². The van der Waals surface area contributed by atoms with Gasteiger partial charge in [0.15, 0.2) is 0 Å². The van der Waals surface area contributed by atoms with Crippen LogP contribution in [0, 0.1) is 5.92 Å². The molecule has 15 heavy (non-hydrogen) atoms. The number of amides is 2. The number of imide groups is 1. The van der Waals surface area contributed by atoms with Crippen molar-refractivity contribution in [3.63, 3.8) is 0 Å². The summed E-state index contributed by atoms with van der Waals surface area (Å²) in [7, 11) is 0. The second kappa shape index (κ2) is 5.85. The number of carbonyl (C=O) groups is 2. The van der Waals surface area contributed by atoms with Crippen LogP contribution in [-0.2, 0) is 9.59 Å². The summed E-state index contributed by atoms with van der Waals surface area (Å²) < 4.78 is 0. The lowest BCUT2D eigenvalue weighted by molar-refractivity contribution is -0.134. The molecule has 1 saturated heterocycles. The summed E-state index contributed by atoms with van der Waals surface area (Å²) in [6.45, 7) is 5.22. The molecule has 0 spiro atoms. The van der Waals surface area contributed by atoms with Gasteiger partial charge in [-0.1, -0.05) is 13.8 Å². The van der Waals surface area contributed by atoms with E-state index in [9.17, 15) is 9.59 Å². The molecule has 1 unspecified atom stereocenters. The van der Waals surface area contributed by atoms with Crippen LogP contribution >= 0.6 is 0 Å². The highest BCUT2D eigenvalue weighted by molar-refractivity contribution is 6.00. The molecule has 1 rings (SSSR count). The molecule has 2 N–H and O–H groups in total. The second-order valence-corrected chi connectivity index (χ2v) is 4.49. The van der Waals surface area contributed by atoms with E-state index in [1.807, 2.05) is 0 Å². The van der Waals surface area contributed by atoms with Crippen LogP contribution in [-0.4, -0.2) is 24.4 Å². The van der Waals surface area contributed by atoms with E-state index in [0.29, 0.717) is 18.8 Å². The van der Waals surface area contributed by atoms with Gasteiger partial charge in [-0.2, -0.15) is 0 Å². The molecule has 0 aromatic carbocycles. The zero-order chi connectivity index (χ0) is 11.3. The number of carbonyl (C=O) groups excluding carboxylic acids is 2. The lowest BCUT2D eigenvalue weighted by Gasteiger charge is -2.21. The summed E-state index contributed by atoms with van der Waals surface area (Å²) >= 11 is 0. The van der Waals surface area contributed by atoms with Gasteiger partial charge in [-0.05, 0) is 31.7 Å². The van der Waals surface area contributed by atoms with E-state index in [1.54, 1.807) is 0 Å². The molecule has 4 nitrogen and oxygen atoms in total. The topological polar surface area (TPSA) is 58.2 Å². The molecule has 86 valence electrons. The standard InChI is InChI=1S/C11H20N2O2/c1-8(2)4-3-7-12-9-5-6-10(14)13-11(9)15/h8-9,12H,3-7H2,1-2H3,(H,13,14,15). The molecule has 1 atom stereocenters. The zero-order valence-electron chi connectivity index (χ0n) is 9.51. The summed E-state index contributed by atoms with van der Waals surface area (Å²) in [5.74, 6) is 0.379. The fourth-order valence-corrected chi connectivity index (χ4v) is 1.67. The highest BCUT2D eigenvalue weighted by atomic mass is 16.2. The minimum atomic E-state index is -0.171. The third-order valence-electron chi connectivity index (χ3n) is 2.59. The van der Waals surface area contributed by atoms with Crippen LogP contribution in [0.5, 0.6) is 0 Å². The van der Waals surface area contributed by atoms with E-state index >= 15 is 0 Å². The van der Waals surface area contributed by atoms with Crippen molar-refractivity contribution in [2.45, 2.75) is 45.6 Å². The van der Waals surface area contributed by atoms with Crippen molar-refractivity contribution in [1.29, 1.82) is 0 Å². The number of hydrogen-bond acceptors (Lipinski definition) is 3. The maximum absolute atomic E-state index is 11.3. The minimum Gasteiger partial charge on any atom is -0.306 e. The van der Waals surface area contributed by atoms with Crippen molar-refractivity contribution in [1.82, 2.24) is 10.6 Å². The molecule has 4 heteroatoms. The summed E-state index contributed by atoms with van der Waals surface area (Å²) in [5.41, 5.74) is 0. The van der Waals surface area contributed by atoms with Gasteiger partial charge in [0.2, 0.25) is 11.8 Å². The fourth-order valence-electron chi connectivity index (χ4n) is 1.67. The SMILES string of the molecule is CC(C)CCCNC1CCC(=O)NC1=O. The molecule has 0 radical (unpaired) electrons. The van der Waals surface area contributed by atoms with Crippen molar-refractivity contribution < 1.29 is 9.59 Å². The van der Waals surface area contributed by atoms with E-state index < -0.39 is 0 Å². The molecule has 0 aliphatic carbocycles. The molecular weight excluding hydrogens is 192 g/mol. The number of rotatable bonds is 5. The van der Waals surface area contributed by atoms with Gasteiger partial charge in [0.05, 0.1) is 6.04 Å². The van der Waals surface area contributed by atoms with Crippen molar-refractivity contribution in [2.75, 3.05) is 6.54 Å². The summed E-state index contributed by atoms with van der Waals surface area (Å²) in [4.78, 5) is 22.2. The predicted molar refractivity (Wildman–Crippen MR) is 58.2 cm³/mol. The van der Waals surface area contributed by atoms with E-state index in [0.717, 1.165) is 13.0 Å². The maximum Gasteiger partial charge on any atom is 0.243 e. The average molecular weight is 212 g/mol. The fraction of sp³-hybridized carbons (Fsp3) is 0.818. The van der Waals surface area contributed by atoms with Gasteiger partial charge >= 0.3 is 0 Å². The molecule has 0 bridgehead atoms. The van der Waals surface area contributed by atoms with Crippen LogP contribution in [0.25, 0.3) is 0 Å². The van der Waals surface area contributed by atoms with Gasteiger partial charge in [0.1, 0.15) is 0 Å². The third kappa shape index (κ3) is 4.42. The Kier molecular flexibility index (Phi) is 4.75. The smallest absolute Gasteiger partial charge is 0.243 e. The molecule has 0 saturated carbocycles. The number of hydrogen-bond donors (Lipinski definition) is 2. The van der Waals surface area contributed by atoms with Gasteiger partial charge in [0, 0.05) is 6.42 Å². The first-order valence-corrected chi connectivity index (χ1v) is 5.66. The number of piperidine rings is 1. The Morgan fingerprint density at radius 3 is 2.80 bits per heavy atom. The minimum absolute atomic E-state index is 0.153.